The van der Waals surface area contributed by atoms with E-state index in [9.17, 15) is 13.4 Å². The van der Waals surface area contributed by atoms with Crippen LogP contribution in [0.4, 0.5) is 4.39 Å². The number of carbonyl (C=O) groups excluding carboxylic acids is 1. The molecule has 0 saturated heterocycles. The van der Waals surface area contributed by atoms with Gasteiger partial charge in [-0.3, -0.25) is 4.79 Å². The Morgan fingerprint density at radius 2 is 2.27 bits per heavy atom. The maximum absolute atomic E-state index is 13.6. The van der Waals surface area contributed by atoms with E-state index >= 15 is 0 Å². The van der Waals surface area contributed by atoms with Crippen molar-refractivity contribution in [2.75, 3.05) is 6.54 Å². The molecule has 2 rings (SSSR count). The predicted octanol–water partition coefficient (Wildman–Crippen LogP) is 1.46. The molecule has 1 atom stereocenters. The molecule has 0 spiro atoms. The highest BCUT2D eigenvalue weighted by molar-refractivity contribution is 9.10. The van der Waals surface area contributed by atoms with E-state index in [0.717, 1.165) is 0 Å². The third kappa shape index (κ3) is 1.82. The molecule has 0 aromatic heterocycles. The van der Waals surface area contributed by atoms with Crippen LogP contribution in [0.25, 0.3) is 0 Å². The molecule has 1 aliphatic rings. The average Bonchev–Trinajstić information content (AvgIpc) is 2.52. The van der Waals surface area contributed by atoms with Gasteiger partial charge < -0.3 is 0 Å². The van der Waals surface area contributed by atoms with Crippen molar-refractivity contribution in [2.45, 2.75) is 4.90 Å². The summed E-state index contributed by atoms with van der Waals surface area (Å²) >= 11 is 2.98. The second-order valence-corrected chi connectivity index (χ2v) is 5.70. The number of hydrogen-bond acceptors (Lipinski definition) is 2. The number of carbonyl (C=O) groups is 1. The van der Waals surface area contributed by atoms with Gasteiger partial charge in [-0.15, -0.1) is 4.36 Å². The van der Waals surface area contributed by atoms with Gasteiger partial charge in [0, 0.05) is 0 Å². The van der Waals surface area contributed by atoms with E-state index in [4.69, 9.17) is 0 Å². The molecule has 1 aliphatic heterocycles. The molecule has 1 aromatic carbocycles. The number of benzene rings is 1. The standard InChI is InChI=1S/C8H6BrFN2O2S/c9-5-2-1-3-6(8(5)10)15(14)11-4-7(13)12-15/h1-3H,4H2,(H,11,12,13,14). The Bertz CT molecular complexity index is 552. The van der Waals surface area contributed by atoms with Crippen LogP contribution in [-0.2, 0) is 14.7 Å². The minimum Gasteiger partial charge on any atom is -0.270 e. The molecule has 0 radical (unpaired) electrons. The van der Waals surface area contributed by atoms with Crippen LogP contribution in [0, 0.1) is 5.82 Å². The van der Waals surface area contributed by atoms with Crippen LogP contribution in [0.1, 0.15) is 0 Å². The zero-order valence-corrected chi connectivity index (χ0v) is 9.77. The lowest BCUT2D eigenvalue weighted by Crippen LogP contribution is -2.20. The smallest absolute Gasteiger partial charge is 0.270 e. The summed E-state index contributed by atoms with van der Waals surface area (Å²) in [5.41, 5.74) is 0. The first-order valence-corrected chi connectivity index (χ1v) is 6.32. The molecule has 0 fully saturated rings. The quantitative estimate of drug-likeness (QED) is 0.852. The molecule has 0 saturated carbocycles. The Morgan fingerprint density at radius 1 is 1.53 bits per heavy atom. The summed E-state index contributed by atoms with van der Waals surface area (Å²) in [7, 11) is -3.11. The zero-order chi connectivity index (χ0) is 11.1. The van der Waals surface area contributed by atoms with Crippen molar-refractivity contribution >= 4 is 31.8 Å². The van der Waals surface area contributed by atoms with Gasteiger partial charge in [0.05, 0.1) is 15.9 Å². The van der Waals surface area contributed by atoms with Gasteiger partial charge in [-0.05, 0) is 28.1 Å². The van der Waals surface area contributed by atoms with Crippen LogP contribution in [0.3, 0.4) is 0 Å². The number of amides is 1. The van der Waals surface area contributed by atoms with E-state index < -0.39 is 21.6 Å². The van der Waals surface area contributed by atoms with Crippen LogP contribution >= 0.6 is 15.9 Å². The summed E-state index contributed by atoms with van der Waals surface area (Å²) in [6.07, 6.45) is 0. The number of hydrogen-bond donors (Lipinski definition) is 1. The van der Waals surface area contributed by atoms with Gasteiger partial charge in [-0.2, -0.15) is 0 Å². The van der Waals surface area contributed by atoms with E-state index in [2.05, 4.69) is 25.0 Å². The molecule has 1 heterocycles. The summed E-state index contributed by atoms with van der Waals surface area (Å²) in [5.74, 6) is -1.19. The van der Waals surface area contributed by atoms with E-state index in [1.54, 1.807) is 0 Å². The van der Waals surface area contributed by atoms with Crippen LogP contribution in [0.5, 0.6) is 0 Å². The van der Waals surface area contributed by atoms with E-state index in [-0.39, 0.29) is 15.9 Å². The molecule has 0 aliphatic carbocycles. The molecule has 1 N–H and O–H groups in total. The first kappa shape index (κ1) is 10.7. The average molecular weight is 293 g/mol. The monoisotopic (exact) mass is 292 g/mol. The first-order valence-electron chi connectivity index (χ1n) is 4.01. The lowest BCUT2D eigenvalue weighted by molar-refractivity contribution is -0.116. The third-order valence-electron chi connectivity index (χ3n) is 1.86. The first-order chi connectivity index (χ1) is 7.03. The lowest BCUT2D eigenvalue weighted by atomic mass is 10.3. The molecule has 15 heavy (non-hydrogen) atoms. The molecule has 1 aromatic rings. The third-order valence-corrected chi connectivity index (χ3v) is 4.38. The van der Waals surface area contributed by atoms with Gasteiger partial charge in [0.25, 0.3) is 5.91 Å². The van der Waals surface area contributed by atoms with Crippen molar-refractivity contribution in [1.82, 2.24) is 4.72 Å². The van der Waals surface area contributed by atoms with E-state index in [1.165, 1.54) is 18.2 Å². The second kappa shape index (κ2) is 3.66. The van der Waals surface area contributed by atoms with Crippen LogP contribution in [0.15, 0.2) is 31.9 Å². The predicted molar refractivity (Wildman–Crippen MR) is 55.9 cm³/mol. The Morgan fingerprint density at radius 3 is 2.87 bits per heavy atom. The Labute approximate surface area is 94.3 Å². The topological polar surface area (TPSA) is 58.5 Å². The van der Waals surface area contributed by atoms with Crippen molar-refractivity contribution in [2.24, 2.45) is 4.36 Å². The van der Waals surface area contributed by atoms with Crippen molar-refractivity contribution in [1.29, 1.82) is 0 Å². The number of nitrogens with zero attached hydrogens (tertiary/aromatic N) is 1. The summed E-state index contributed by atoms with van der Waals surface area (Å²) in [6, 6.07) is 4.37. The summed E-state index contributed by atoms with van der Waals surface area (Å²) in [6.45, 7) is -0.120. The maximum Gasteiger partial charge on any atom is 0.270 e. The molecule has 7 heteroatoms. The van der Waals surface area contributed by atoms with Crippen molar-refractivity contribution < 1.29 is 13.4 Å². The summed E-state index contributed by atoms with van der Waals surface area (Å²) in [4.78, 5) is 10.8. The van der Waals surface area contributed by atoms with Crippen LogP contribution < -0.4 is 4.72 Å². The fraction of sp³-hybridized carbons (Fsp3) is 0.125. The van der Waals surface area contributed by atoms with Crippen molar-refractivity contribution in [3.05, 3.63) is 28.5 Å². The van der Waals surface area contributed by atoms with Gasteiger partial charge in [-0.1, -0.05) is 6.07 Å². The Kier molecular flexibility index (Phi) is 2.61. The minimum atomic E-state index is -3.11. The molecular weight excluding hydrogens is 287 g/mol. The molecular formula is C8H6BrFN2O2S. The SMILES string of the molecule is O=C1CNS(=O)(c2cccc(Br)c2F)=N1. The van der Waals surface area contributed by atoms with Crippen molar-refractivity contribution in [3.63, 3.8) is 0 Å². The highest BCUT2D eigenvalue weighted by Crippen LogP contribution is 2.24. The number of nitrogens with one attached hydrogen (secondary N) is 1. The van der Waals surface area contributed by atoms with Gasteiger partial charge in [0.1, 0.15) is 9.92 Å². The van der Waals surface area contributed by atoms with Crippen molar-refractivity contribution in [3.8, 4) is 0 Å². The van der Waals surface area contributed by atoms with E-state index in [0.29, 0.717) is 0 Å². The lowest BCUT2D eigenvalue weighted by Gasteiger charge is -2.06. The molecule has 4 nitrogen and oxygen atoms in total. The largest absolute Gasteiger partial charge is 0.270 e. The van der Waals surface area contributed by atoms with Crippen LogP contribution in [0.2, 0.25) is 0 Å². The molecule has 80 valence electrons. The second-order valence-electron chi connectivity index (χ2n) is 2.88. The Balaban J connectivity index is 2.66. The fourth-order valence-corrected chi connectivity index (χ4v) is 3.29. The van der Waals surface area contributed by atoms with Gasteiger partial charge in [-0.25, -0.2) is 13.3 Å². The summed E-state index contributed by atoms with van der Waals surface area (Å²) in [5, 5.41) is 0. The number of rotatable bonds is 1. The molecule has 0 bridgehead atoms. The molecule has 1 amide bonds. The highest BCUT2D eigenvalue weighted by Gasteiger charge is 2.25. The van der Waals surface area contributed by atoms with Gasteiger partial charge >= 0.3 is 0 Å². The zero-order valence-electron chi connectivity index (χ0n) is 7.37. The van der Waals surface area contributed by atoms with Gasteiger partial charge in [0.15, 0.2) is 5.82 Å². The highest BCUT2D eigenvalue weighted by atomic mass is 79.9. The molecule has 1 unspecified atom stereocenters. The normalized spacial score (nSPS) is 25.3. The fourth-order valence-electron chi connectivity index (χ4n) is 1.19. The minimum absolute atomic E-state index is 0.0947. The summed E-state index contributed by atoms with van der Waals surface area (Å²) < 4.78 is 31.6. The Hall–Kier alpha value is -0.790. The number of halogens is 2. The van der Waals surface area contributed by atoms with Gasteiger partial charge in [0.2, 0.25) is 0 Å². The maximum atomic E-state index is 13.6. The van der Waals surface area contributed by atoms with Crippen LogP contribution in [-0.4, -0.2) is 16.7 Å². The van der Waals surface area contributed by atoms with E-state index in [1.807, 2.05) is 0 Å².